The number of benzene rings is 2. The molecule has 0 aliphatic carbocycles. The smallest absolute Gasteiger partial charge is 0.373 e. The maximum Gasteiger partial charge on any atom is 0.416 e. The number of aliphatic hydroxyl groups excluding tert-OH is 1. The molecule has 0 saturated heterocycles. The van der Waals surface area contributed by atoms with Crippen LogP contribution in [0, 0.1) is 0 Å². The lowest BCUT2D eigenvalue weighted by atomic mass is 10.0. The van der Waals surface area contributed by atoms with Crippen molar-refractivity contribution in [3.8, 4) is 11.3 Å². The van der Waals surface area contributed by atoms with Gasteiger partial charge in [0.15, 0.2) is 0 Å². The van der Waals surface area contributed by atoms with Crippen LogP contribution in [0.1, 0.15) is 11.1 Å². The fourth-order valence-electron chi connectivity index (χ4n) is 3.14. The molecule has 3 N–H and O–H groups in total. The summed E-state index contributed by atoms with van der Waals surface area (Å²) in [6, 6.07) is 9.18. The van der Waals surface area contributed by atoms with E-state index in [9.17, 15) is 18.3 Å². The molecule has 124 valence electrons. The fourth-order valence-corrected chi connectivity index (χ4v) is 3.50. The lowest BCUT2D eigenvalue weighted by molar-refractivity contribution is -0.137. The third-order valence-corrected chi connectivity index (χ3v) is 4.70. The highest BCUT2D eigenvalue weighted by Gasteiger charge is 2.32. The number of H-pyrrole nitrogens is 1. The first-order valence-electron chi connectivity index (χ1n) is 7.29. The molecule has 0 amide bonds. The first-order chi connectivity index (χ1) is 11.3. The van der Waals surface area contributed by atoms with Crippen molar-refractivity contribution in [2.75, 3.05) is 5.32 Å². The van der Waals surface area contributed by atoms with Crippen molar-refractivity contribution in [2.45, 2.75) is 18.8 Å². The number of aromatic amines is 1. The minimum atomic E-state index is -4.40. The van der Waals surface area contributed by atoms with E-state index >= 15 is 0 Å². The van der Waals surface area contributed by atoms with Crippen LogP contribution in [0.3, 0.4) is 0 Å². The summed E-state index contributed by atoms with van der Waals surface area (Å²) >= 11 is 3.41. The molecule has 2 heterocycles. The summed E-state index contributed by atoms with van der Waals surface area (Å²) in [5.74, 6) is 0. The molecule has 0 saturated carbocycles. The van der Waals surface area contributed by atoms with Gasteiger partial charge in [-0.25, -0.2) is 0 Å². The van der Waals surface area contributed by atoms with Gasteiger partial charge in [-0.2, -0.15) is 13.2 Å². The SMILES string of the molecule is OC1Cc2c([nH]c3ccc(C(F)(F)F)cc23)-c2cc(Br)ccc2N1. The molecule has 4 rings (SSSR count). The Morgan fingerprint density at radius 1 is 1.12 bits per heavy atom. The van der Waals surface area contributed by atoms with Crippen molar-refractivity contribution in [3.05, 3.63) is 52.0 Å². The number of rotatable bonds is 0. The Balaban J connectivity index is 2.01. The van der Waals surface area contributed by atoms with Crippen molar-refractivity contribution in [1.29, 1.82) is 0 Å². The largest absolute Gasteiger partial charge is 0.416 e. The van der Waals surface area contributed by atoms with Crippen LogP contribution in [0.15, 0.2) is 40.9 Å². The van der Waals surface area contributed by atoms with Crippen LogP contribution in [-0.2, 0) is 12.6 Å². The van der Waals surface area contributed by atoms with Crippen molar-refractivity contribution >= 4 is 32.5 Å². The van der Waals surface area contributed by atoms with Gasteiger partial charge >= 0.3 is 6.18 Å². The molecule has 1 atom stereocenters. The van der Waals surface area contributed by atoms with E-state index in [1.165, 1.54) is 6.07 Å². The van der Waals surface area contributed by atoms with Gasteiger partial charge in [-0.1, -0.05) is 15.9 Å². The summed E-state index contributed by atoms with van der Waals surface area (Å²) < 4.78 is 39.9. The summed E-state index contributed by atoms with van der Waals surface area (Å²) in [7, 11) is 0. The Morgan fingerprint density at radius 2 is 1.92 bits per heavy atom. The Bertz CT molecular complexity index is 949. The Kier molecular flexibility index (Phi) is 3.40. The van der Waals surface area contributed by atoms with Crippen LogP contribution in [0.2, 0.25) is 0 Å². The van der Waals surface area contributed by atoms with Crippen molar-refractivity contribution in [2.24, 2.45) is 0 Å². The molecule has 0 fully saturated rings. The summed E-state index contributed by atoms with van der Waals surface area (Å²) in [6.45, 7) is 0. The highest BCUT2D eigenvalue weighted by atomic mass is 79.9. The van der Waals surface area contributed by atoms with Crippen molar-refractivity contribution in [3.63, 3.8) is 0 Å². The zero-order chi connectivity index (χ0) is 17.1. The van der Waals surface area contributed by atoms with E-state index in [0.717, 1.165) is 33.6 Å². The lowest BCUT2D eigenvalue weighted by Gasteiger charge is -2.13. The van der Waals surface area contributed by atoms with E-state index in [-0.39, 0.29) is 6.42 Å². The highest BCUT2D eigenvalue weighted by Crippen LogP contribution is 2.41. The van der Waals surface area contributed by atoms with E-state index in [0.29, 0.717) is 16.5 Å². The topological polar surface area (TPSA) is 48.0 Å². The van der Waals surface area contributed by atoms with Crippen molar-refractivity contribution < 1.29 is 18.3 Å². The molecular formula is C17H12BrF3N2O. The predicted octanol–water partition coefficient (Wildman–Crippen LogP) is 4.90. The molecule has 2 aromatic carbocycles. The van der Waals surface area contributed by atoms with E-state index in [2.05, 4.69) is 26.2 Å². The van der Waals surface area contributed by atoms with Gasteiger partial charge in [0.25, 0.3) is 0 Å². The Morgan fingerprint density at radius 3 is 2.67 bits per heavy atom. The molecule has 0 radical (unpaired) electrons. The molecule has 1 unspecified atom stereocenters. The third-order valence-electron chi connectivity index (χ3n) is 4.20. The van der Waals surface area contributed by atoms with Crippen LogP contribution in [0.4, 0.5) is 18.9 Å². The molecule has 3 aromatic rings. The molecule has 24 heavy (non-hydrogen) atoms. The summed E-state index contributed by atoms with van der Waals surface area (Å²) in [5, 5.41) is 13.7. The maximum absolute atomic E-state index is 13.0. The number of aliphatic hydroxyl groups is 1. The lowest BCUT2D eigenvalue weighted by Crippen LogP contribution is -2.20. The van der Waals surface area contributed by atoms with Gasteiger partial charge in [0.2, 0.25) is 0 Å². The number of hydrogen-bond acceptors (Lipinski definition) is 2. The summed E-state index contributed by atoms with van der Waals surface area (Å²) in [5.41, 5.74) is 2.86. The average molecular weight is 397 g/mol. The molecule has 0 bridgehead atoms. The summed E-state index contributed by atoms with van der Waals surface area (Å²) in [4.78, 5) is 3.20. The van der Waals surface area contributed by atoms with Gasteiger partial charge in [-0.15, -0.1) is 0 Å². The number of fused-ring (bicyclic) bond motifs is 5. The number of nitrogens with one attached hydrogen (secondary N) is 2. The second-order valence-electron chi connectivity index (χ2n) is 5.79. The maximum atomic E-state index is 13.0. The van der Waals surface area contributed by atoms with Gasteiger partial charge in [0, 0.05) is 33.0 Å². The number of hydrogen-bond donors (Lipinski definition) is 3. The number of anilines is 1. The minimum absolute atomic E-state index is 0.211. The van der Waals surface area contributed by atoms with Crippen LogP contribution < -0.4 is 5.32 Å². The standard InChI is InChI=1S/C17H12BrF3N2O/c18-9-2-4-14-12(6-9)16-11(7-15(24)22-14)10-5-8(17(19,20)21)1-3-13(10)23-16/h1-6,15,22-24H,7H2. The molecular weight excluding hydrogens is 385 g/mol. The van der Waals surface area contributed by atoms with Gasteiger partial charge < -0.3 is 15.4 Å². The van der Waals surface area contributed by atoms with Crippen LogP contribution >= 0.6 is 15.9 Å². The monoisotopic (exact) mass is 396 g/mol. The Hall–Kier alpha value is -1.99. The summed E-state index contributed by atoms with van der Waals surface area (Å²) in [6.07, 6.45) is -5.07. The average Bonchev–Trinajstić information content (AvgIpc) is 2.79. The minimum Gasteiger partial charge on any atom is -0.373 e. The molecule has 1 aliphatic heterocycles. The molecule has 1 aliphatic rings. The second-order valence-corrected chi connectivity index (χ2v) is 6.71. The quantitative estimate of drug-likeness (QED) is 0.505. The van der Waals surface area contributed by atoms with Gasteiger partial charge in [-0.05, 0) is 42.0 Å². The molecule has 3 nitrogen and oxygen atoms in total. The van der Waals surface area contributed by atoms with Gasteiger partial charge in [0.05, 0.1) is 11.3 Å². The first-order valence-corrected chi connectivity index (χ1v) is 8.08. The zero-order valence-corrected chi connectivity index (χ0v) is 13.8. The van der Waals surface area contributed by atoms with E-state index in [1.807, 2.05) is 18.2 Å². The fraction of sp³-hybridized carbons (Fsp3) is 0.176. The second kappa shape index (κ2) is 5.26. The van der Waals surface area contributed by atoms with Crippen LogP contribution in [0.5, 0.6) is 0 Å². The first kappa shape index (κ1) is 15.5. The van der Waals surface area contributed by atoms with E-state index in [1.54, 1.807) is 0 Å². The highest BCUT2D eigenvalue weighted by molar-refractivity contribution is 9.10. The Labute approximate surface area is 143 Å². The van der Waals surface area contributed by atoms with Crippen LogP contribution in [0.25, 0.3) is 22.2 Å². The molecule has 1 aromatic heterocycles. The number of alkyl halides is 3. The zero-order valence-electron chi connectivity index (χ0n) is 12.2. The van der Waals surface area contributed by atoms with E-state index in [4.69, 9.17) is 0 Å². The van der Waals surface area contributed by atoms with E-state index < -0.39 is 18.0 Å². The van der Waals surface area contributed by atoms with Gasteiger partial charge in [0.1, 0.15) is 6.23 Å². The predicted molar refractivity (Wildman–Crippen MR) is 89.8 cm³/mol. The molecule has 7 heteroatoms. The molecule has 0 spiro atoms. The third kappa shape index (κ3) is 2.48. The number of aromatic nitrogens is 1. The van der Waals surface area contributed by atoms with Crippen molar-refractivity contribution in [1.82, 2.24) is 4.98 Å². The number of halogens is 4. The van der Waals surface area contributed by atoms with Gasteiger partial charge in [-0.3, -0.25) is 0 Å². The normalized spacial score (nSPS) is 17.1. The van der Waals surface area contributed by atoms with Crippen LogP contribution in [-0.4, -0.2) is 16.3 Å².